The van der Waals surface area contributed by atoms with E-state index in [4.69, 9.17) is 30.5 Å². The van der Waals surface area contributed by atoms with E-state index in [0.29, 0.717) is 85.9 Å². The van der Waals surface area contributed by atoms with Crippen LogP contribution in [0, 0.1) is 0 Å². The van der Waals surface area contributed by atoms with Crippen LogP contribution in [0.5, 0.6) is 23.0 Å². The second kappa shape index (κ2) is 17.4. The summed E-state index contributed by atoms with van der Waals surface area (Å²) in [7, 11) is 0. The first-order valence-corrected chi connectivity index (χ1v) is 17.4. The molecule has 262 valence electrons. The Balaban J connectivity index is 1.05. The minimum atomic E-state index is -1.45. The van der Waals surface area contributed by atoms with Gasteiger partial charge in [0, 0.05) is 66.4 Å². The van der Waals surface area contributed by atoms with Crippen LogP contribution in [0.2, 0.25) is 0 Å². The van der Waals surface area contributed by atoms with Crippen molar-refractivity contribution in [3.63, 3.8) is 0 Å². The molecule has 0 radical (unpaired) electrons. The quantitative estimate of drug-likeness (QED) is 0.0682. The minimum absolute atomic E-state index is 0.0358. The Bertz CT molecular complexity index is 1580. The molecule has 0 bridgehead atoms. The number of fused-ring (bicyclic) bond motifs is 6. The van der Waals surface area contributed by atoms with Crippen molar-refractivity contribution >= 4 is 29.4 Å². The van der Waals surface area contributed by atoms with Crippen molar-refractivity contribution in [1.29, 1.82) is 0 Å². The predicted octanol–water partition coefficient (Wildman–Crippen LogP) is 5.90. The third-order valence-electron chi connectivity index (χ3n) is 8.51. The van der Waals surface area contributed by atoms with E-state index in [9.17, 15) is 24.6 Å². The number of unbranched alkanes of at least 4 members (excludes halogenated alkanes) is 5. The highest BCUT2D eigenvalue weighted by atomic mass is 35.5. The maximum atomic E-state index is 13.2. The van der Waals surface area contributed by atoms with E-state index in [1.165, 1.54) is 24.3 Å². The Morgan fingerprint density at radius 1 is 0.714 bits per heavy atom. The number of alkyl halides is 1. The Labute approximate surface area is 290 Å². The van der Waals surface area contributed by atoms with Crippen LogP contribution >= 0.6 is 11.6 Å². The number of aromatic hydroxyl groups is 2. The van der Waals surface area contributed by atoms with E-state index in [-0.39, 0.29) is 34.8 Å². The van der Waals surface area contributed by atoms with Gasteiger partial charge in [-0.15, -0.1) is 11.6 Å². The summed E-state index contributed by atoms with van der Waals surface area (Å²) in [6.07, 6.45) is 6.85. The molecule has 0 fully saturated rings. The predicted molar refractivity (Wildman–Crippen MR) is 183 cm³/mol. The minimum Gasteiger partial charge on any atom is -0.508 e. The summed E-state index contributed by atoms with van der Waals surface area (Å²) < 4.78 is 23.1. The summed E-state index contributed by atoms with van der Waals surface area (Å²) >= 11 is 5.66. The van der Waals surface area contributed by atoms with Crippen LogP contribution in [0.25, 0.3) is 0 Å². The molecule has 0 aromatic heterocycles. The standard InChI is InChI=1S/C37H43ClN2O9/c38-15-5-1-2-7-18-46-20-21-47-19-17-39-34(43)8-4-3-6-16-40-35(44)25-9-12-28-31(22-25)37(49-36(28)45)29-13-10-26(41)23-32(29)48-33-24-27(42)11-14-30(33)37/h9-14,22-24,41-42H,1-8,15-21H2,(H,39,43)(H,40,44). The number of carbonyl (C=O) groups excluding carboxylic acids is 3. The van der Waals surface area contributed by atoms with Crippen LogP contribution in [-0.4, -0.2) is 73.4 Å². The molecule has 11 nitrogen and oxygen atoms in total. The lowest BCUT2D eigenvalue weighted by molar-refractivity contribution is -0.121. The fourth-order valence-electron chi connectivity index (χ4n) is 6.06. The highest BCUT2D eigenvalue weighted by molar-refractivity contribution is 6.17. The Kier molecular flexibility index (Phi) is 12.8. The largest absolute Gasteiger partial charge is 0.508 e. The van der Waals surface area contributed by atoms with E-state index in [0.717, 1.165) is 38.7 Å². The molecule has 2 aliphatic heterocycles. The van der Waals surface area contributed by atoms with Crippen LogP contribution < -0.4 is 15.4 Å². The summed E-state index contributed by atoms with van der Waals surface area (Å²) in [4.78, 5) is 38.5. The second-order valence-electron chi connectivity index (χ2n) is 12.0. The molecule has 3 aromatic rings. The molecule has 2 heterocycles. The number of rotatable bonds is 19. The second-order valence-corrected chi connectivity index (χ2v) is 12.4. The first kappa shape index (κ1) is 36.0. The van der Waals surface area contributed by atoms with E-state index in [2.05, 4.69) is 10.6 Å². The SMILES string of the molecule is O=C(CCCCCNC(=O)c1ccc2c(c1)C1(OC2=O)c2ccc(O)cc2Oc2cc(O)ccc21)NCCOCCOCCCCCCCl. The number of esters is 1. The number of phenolic OH excluding ortho intramolecular Hbond substituents is 2. The van der Waals surface area contributed by atoms with Crippen LogP contribution in [0.15, 0.2) is 54.6 Å². The van der Waals surface area contributed by atoms with Crippen molar-refractivity contribution in [1.82, 2.24) is 10.6 Å². The van der Waals surface area contributed by atoms with Gasteiger partial charge >= 0.3 is 5.97 Å². The lowest BCUT2D eigenvalue weighted by Gasteiger charge is -2.36. The van der Waals surface area contributed by atoms with Crippen molar-refractivity contribution in [3.05, 3.63) is 82.4 Å². The molecule has 0 unspecified atom stereocenters. The molecule has 5 rings (SSSR count). The summed E-state index contributed by atoms with van der Waals surface area (Å²) in [6, 6.07) is 13.8. The van der Waals surface area contributed by atoms with Gasteiger partial charge in [-0.1, -0.05) is 19.3 Å². The first-order valence-electron chi connectivity index (χ1n) is 16.8. The molecule has 0 atom stereocenters. The molecule has 0 aliphatic carbocycles. The average molecular weight is 695 g/mol. The summed E-state index contributed by atoms with van der Waals surface area (Å²) in [5.41, 5.74) is 0.620. The highest BCUT2D eigenvalue weighted by Crippen LogP contribution is 2.57. The molecular formula is C37H43ClN2O9. The molecule has 2 amide bonds. The lowest BCUT2D eigenvalue weighted by atomic mass is 9.77. The number of hydrogen-bond donors (Lipinski definition) is 4. The molecule has 4 N–H and O–H groups in total. The molecule has 0 saturated heterocycles. The average Bonchev–Trinajstić information content (AvgIpc) is 3.37. The van der Waals surface area contributed by atoms with Gasteiger partial charge in [-0.25, -0.2) is 4.79 Å². The van der Waals surface area contributed by atoms with Crippen LogP contribution in [0.3, 0.4) is 0 Å². The topological polar surface area (TPSA) is 153 Å². The molecule has 2 aliphatic rings. The van der Waals surface area contributed by atoms with E-state index < -0.39 is 11.6 Å². The molecular weight excluding hydrogens is 652 g/mol. The number of nitrogens with one attached hydrogen (secondary N) is 2. The van der Waals surface area contributed by atoms with E-state index in [1.807, 2.05) is 0 Å². The van der Waals surface area contributed by atoms with Crippen molar-refractivity contribution in [2.75, 3.05) is 45.4 Å². The Hall–Kier alpha value is -4.32. The number of hydrogen-bond acceptors (Lipinski definition) is 9. The normalized spacial score (nSPS) is 13.6. The van der Waals surface area contributed by atoms with Crippen LogP contribution in [-0.2, 0) is 24.6 Å². The Morgan fingerprint density at radius 3 is 2.10 bits per heavy atom. The van der Waals surface area contributed by atoms with Gasteiger partial charge in [0.1, 0.15) is 23.0 Å². The maximum Gasteiger partial charge on any atom is 0.340 e. The number of halogens is 1. The van der Waals surface area contributed by atoms with Gasteiger partial charge in [0.2, 0.25) is 5.91 Å². The summed E-state index contributed by atoms with van der Waals surface area (Å²) in [6.45, 7) is 3.05. The first-order chi connectivity index (χ1) is 23.8. The fraction of sp³-hybridized carbons (Fsp3) is 0.432. The van der Waals surface area contributed by atoms with Gasteiger partial charge in [0.05, 0.1) is 25.4 Å². The maximum absolute atomic E-state index is 13.2. The molecule has 12 heteroatoms. The van der Waals surface area contributed by atoms with E-state index >= 15 is 0 Å². The van der Waals surface area contributed by atoms with Crippen molar-refractivity contribution in [2.24, 2.45) is 0 Å². The lowest BCUT2D eigenvalue weighted by Crippen LogP contribution is -2.33. The van der Waals surface area contributed by atoms with Gasteiger partial charge in [-0.3, -0.25) is 9.59 Å². The molecule has 49 heavy (non-hydrogen) atoms. The zero-order valence-electron chi connectivity index (χ0n) is 27.4. The number of ether oxygens (including phenoxy) is 4. The van der Waals surface area contributed by atoms with E-state index in [1.54, 1.807) is 30.3 Å². The van der Waals surface area contributed by atoms with Crippen molar-refractivity contribution in [2.45, 2.75) is 57.0 Å². The van der Waals surface area contributed by atoms with Crippen LogP contribution in [0.1, 0.15) is 88.8 Å². The number of carbonyl (C=O) groups is 3. The third kappa shape index (κ3) is 8.83. The molecule has 0 saturated carbocycles. The smallest absolute Gasteiger partial charge is 0.340 e. The van der Waals surface area contributed by atoms with Gasteiger partial charge in [0.25, 0.3) is 5.91 Å². The van der Waals surface area contributed by atoms with Crippen molar-refractivity contribution < 1.29 is 43.5 Å². The fourth-order valence-corrected chi connectivity index (χ4v) is 6.25. The zero-order valence-corrected chi connectivity index (χ0v) is 28.2. The Morgan fingerprint density at radius 2 is 1.39 bits per heavy atom. The highest BCUT2D eigenvalue weighted by Gasteiger charge is 2.53. The molecule has 3 aromatic carbocycles. The van der Waals surface area contributed by atoms with Gasteiger partial charge in [-0.2, -0.15) is 0 Å². The van der Waals surface area contributed by atoms with Crippen LogP contribution in [0.4, 0.5) is 0 Å². The zero-order chi connectivity index (χ0) is 34.6. The van der Waals surface area contributed by atoms with Gasteiger partial charge < -0.3 is 39.8 Å². The number of phenols is 2. The summed E-state index contributed by atoms with van der Waals surface area (Å²) in [5, 5.41) is 26.0. The monoisotopic (exact) mass is 694 g/mol. The van der Waals surface area contributed by atoms with Crippen molar-refractivity contribution in [3.8, 4) is 23.0 Å². The third-order valence-corrected chi connectivity index (χ3v) is 8.78. The van der Waals surface area contributed by atoms with Gasteiger partial charge in [0.15, 0.2) is 5.60 Å². The number of benzene rings is 3. The van der Waals surface area contributed by atoms with Gasteiger partial charge in [-0.05, 0) is 68.1 Å². The summed E-state index contributed by atoms with van der Waals surface area (Å²) in [5.74, 6) is 0.230. The number of amides is 2. The molecule has 1 spiro atoms.